The van der Waals surface area contributed by atoms with Crippen LogP contribution in [0.15, 0.2) is 30.3 Å². The molecule has 0 bridgehead atoms. The molecule has 6 heteroatoms. The van der Waals surface area contributed by atoms with E-state index in [1.54, 1.807) is 22.7 Å². The van der Waals surface area contributed by atoms with E-state index in [0.29, 0.717) is 32.5 Å². The molecule has 0 atom stereocenters. The van der Waals surface area contributed by atoms with Gasteiger partial charge in [-0.1, -0.05) is 37.0 Å². The van der Waals surface area contributed by atoms with Gasteiger partial charge >= 0.3 is 0 Å². The number of halogens is 3. The zero-order chi connectivity index (χ0) is 16.7. The van der Waals surface area contributed by atoms with Crippen LogP contribution in [0.3, 0.4) is 0 Å². The van der Waals surface area contributed by atoms with Gasteiger partial charge in [-0.2, -0.15) is 5.10 Å². The molecule has 0 radical (unpaired) electrons. The van der Waals surface area contributed by atoms with Crippen molar-refractivity contribution >= 4 is 28.7 Å². The summed E-state index contributed by atoms with van der Waals surface area (Å²) in [6.45, 7) is 3.84. The second-order valence-electron chi connectivity index (χ2n) is 5.64. The predicted molar refractivity (Wildman–Crippen MR) is 90.6 cm³/mol. The Morgan fingerprint density at radius 1 is 1.22 bits per heavy atom. The van der Waals surface area contributed by atoms with Gasteiger partial charge < -0.3 is 5.11 Å². The average Bonchev–Trinajstić information content (AvgIpc) is 2.80. The zero-order valence-electron chi connectivity index (χ0n) is 12.6. The Morgan fingerprint density at radius 2 is 1.87 bits per heavy atom. The first-order valence-electron chi connectivity index (χ1n) is 7.20. The molecule has 120 valence electrons. The van der Waals surface area contributed by atoms with E-state index >= 15 is 0 Å². The van der Waals surface area contributed by atoms with Crippen LogP contribution in [0.4, 0.5) is 4.39 Å². The molecule has 3 rings (SSSR count). The highest BCUT2D eigenvalue weighted by atomic mass is 35.5. The van der Waals surface area contributed by atoms with Crippen LogP contribution in [0, 0.1) is 5.82 Å². The Morgan fingerprint density at radius 3 is 2.43 bits per heavy atom. The first kappa shape index (κ1) is 16.2. The molecule has 3 nitrogen and oxygen atoms in total. The minimum absolute atomic E-state index is 0.102. The van der Waals surface area contributed by atoms with Crippen molar-refractivity contribution in [2.75, 3.05) is 0 Å². The first-order valence-corrected chi connectivity index (χ1v) is 7.96. The van der Waals surface area contributed by atoms with Crippen LogP contribution in [-0.4, -0.2) is 14.7 Å². The molecule has 0 fully saturated rings. The van der Waals surface area contributed by atoms with Crippen LogP contribution >= 0.6 is 23.2 Å². The van der Waals surface area contributed by atoms with Crippen molar-refractivity contribution < 1.29 is 9.50 Å². The lowest BCUT2D eigenvalue weighted by Gasteiger charge is -2.18. The van der Waals surface area contributed by atoms with Crippen LogP contribution < -0.4 is 0 Å². The number of hydrogen-bond donors (Lipinski definition) is 1. The fourth-order valence-corrected chi connectivity index (χ4v) is 3.41. The van der Waals surface area contributed by atoms with E-state index in [4.69, 9.17) is 23.2 Å². The largest absolute Gasteiger partial charge is 0.392 e. The Bertz CT molecular complexity index is 873. The normalized spacial score (nSPS) is 11.6. The topological polar surface area (TPSA) is 37.5 Å². The fraction of sp³-hybridized carbons (Fsp3) is 0.235. The molecule has 0 aliphatic heterocycles. The summed E-state index contributed by atoms with van der Waals surface area (Å²) in [5, 5.41) is 15.3. The quantitative estimate of drug-likeness (QED) is 0.714. The predicted octanol–water partition coefficient (Wildman–Crippen LogP) is 5.06. The maximum Gasteiger partial charge on any atom is 0.132 e. The lowest BCUT2D eigenvalue weighted by Crippen LogP contribution is -2.08. The van der Waals surface area contributed by atoms with E-state index < -0.39 is 0 Å². The zero-order valence-corrected chi connectivity index (χ0v) is 14.2. The maximum absolute atomic E-state index is 13.2. The summed E-state index contributed by atoms with van der Waals surface area (Å²) >= 11 is 12.5. The minimum Gasteiger partial charge on any atom is -0.392 e. The van der Waals surface area contributed by atoms with Gasteiger partial charge in [0.05, 0.1) is 22.8 Å². The van der Waals surface area contributed by atoms with Crippen LogP contribution in [0.5, 0.6) is 0 Å². The lowest BCUT2D eigenvalue weighted by atomic mass is 9.94. The van der Waals surface area contributed by atoms with Gasteiger partial charge in [0.15, 0.2) is 0 Å². The number of aromatic nitrogens is 2. The molecule has 2 aromatic heterocycles. The molecule has 1 N–H and O–H groups in total. The van der Waals surface area contributed by atoms with Crippen molar-refractivity contribution in [2.45, 2.75) is 26.4 Å². The van der Waals surface area contributed by atoms with Gasteiger partial charge in [0.1, 0.15) is 11.0 Å². The van der Waals surface area contributed by atoms with Crippen LogP contribution in [0.25, 0.3) is 16.8 Å². The van der Waals surface area contributed by atoms with Gasteiger partial charge in [-0.15, -0.1) is 0 Å². The Balaban J connectivity index is 2.42. The molecule has 0 aliphatic carbocycles. The van der Waals surface area contributed by atoms with Gasteiger partial charge in [-0.05, 0) is 41.8 Å². The van der Waals surface area contributed by atoms with Crippen molar-refractivity contribution in [3.8, 4) is 11.3 Å². The van der Waals surface area contributed by atoms with E-state index in [1.165, 1.54) is 12.1 Å². The number of hydrogen-bond acceptors (Lipinski definition) is 2. The highest BCUT2D eigenvalue weighted by Gasteiger charge is 2.22. The summed E-state index contributed by atoms with van der Waals surface area (Å²) in [5.41, 5.74) is 3.54. The number of rotatable bonds is 3. The minimum atomic E-state index is -0.327. The molecule has 0 unspecified atom stereocenters. The van der Waals surface area contributed by atoms with Crippen molar-refractivity contribution in [1.82, 2.24) is 9.61 Å². The third kappa shape index (κ3) is 2.71. The van der Waals surface area contributed by atoms with Crippen LogP contribution in [0.2, 0.25) is 10.2 Å². The summed E-state index contributed by atoms with van der Waals surface area (Å²) in [6.07, 6.45) is 0. The molecule has 0 amide bonds. The first-order chi connectivity index (χ1) is 10.9. The third-order valence-electron chi connectivity index (χ3n) is 3.81. The second-order valence-corrected chi connectivity index (χ2v) is 6.43. The number of aliphatic hydroxyl groups is 1. The SMILES string of the molecule is CC(C)c1c(CO)c(-c2ccc(F)cc2)nn2c(Cl)cc(Cl)c12. The molecule has 23 heavy (non-hydrogen) atoms. The molecule has 0 saturated carbocycles. The summed E-state index contributed by atoms with van der Waals surface area (Å²) in [7, 11) is 0. The Kier molecular flexibility index (Phi) is 4.32. The molecule has 0 saturated heterocycles. The highest BCUT2D eigenvalue weighted by molar-refractivity contribution is 6.37. The van der Waals surface area contributed by atoms with E-state index in [2.05, 4.69) is 5.10 Å². The van der Waals surface area contributed by atoms with Gasteiger partial charge in [0.2, 0.25) is 0 Å². The summed E-state index contributed by atoms with van der Waals surface area (Å²) in [5.74, 6) is -0.225. The fourth-order valence-electron chi connectivity index (χ4n) is 2.84. The molecule has 0 aliphatic rings. The number of fused-ring (bicyclic) bond motifs is 1. The maximum atomic E-state index is 13.2. The second kappa shape index (κ2) is 6.11. The smallest absolute Gasteiger partial charge is 0.132 e. The number of aliphatic hydroxyl groups excluding tert-OH is 1. The van der Waals surface area contributed by atoms with E-state index in [0.717, 1.165) is 5.56 Å². The Labute approximate surface area is 143 Å². The van der Waals surface area contributed by atoms with E-state index in [9.17, 15) is 9.50 Å². The van der Waals surface area contributed by atoms with Crippen molar-refractivity contribution in [1.29, 1.82) is 0 Å². The summed E-state index contributed by atoms with van der Waals surface area (Å²) < 4.78 is 14.8. The van der Waals surface area contributed by atoms with Crippen molar-refractivity contribution in [3.05, 3.63) is 57.5 Å². The molecule has 2 heterocycles. The van der Waals surface area contributed by atoms with Gasteiger partial charge in [0.25, 0.3) is 0 Å². The highest BCUT2D eigenvalue weighted by Crippen LogP contribution is 2.37. The molecular weight excluding hydrogens is 338 g/mol. The number of nitrogens with zero attached hydrogens (tertiary/aromatic N) is 2. The Hall–Kier alpha value is -1.62. The summed E-state index contributed by atoms with van der Waals surface area (Å²) in [6, 6.07) is 7.62. The van der Waals surface area contributed by atoms with E-state index in [-0.39, 0.29) is 18.3 Å². The summed E-state index contributed by atoms with van der Waals surface area (Å²) in [4.78, 5) is 0. The van der Waals surface area contributed by atoms with Crippen LogP contribution in [0.1, 0.15) is 30.9 Å². The van der Waals surface area contributed by atoms with Crippen molar-refractivity contribution in [3.63, 3.8) is 0 Å². The van der Waals surface area contributed by atoms with Crippen LogP contribution in [-0.2, 0) is 6.61 Å². The van der Waals surface area contributed by atoms with Gasteiger partial charge in [0, 0.05) is 11.1 Å². The lowest BCUT2D eigenvalue weighted by molar-refractivity contribution is 0.280. The molecule has 3 aromatic rings. The average molecular weight is 353 g/mol. The van der Waals surface area contributed by atoms with Gasteiger partial charge in [-0.25, -0.2) is 8.91 Å². The molecular formula is C17H15Cl2FN2O. The van der Waals surface area contributed by atoms with Gasteiger partial charge in [-0.3, -0.25) is 0 Å². The number of benzene rings is 1. The monoisotopic (exact) mass is 352 g/mol. The third-order valence-corrected chi connectivity index (χ3v) is 4.36. The molecule has 1 aromatic carbocycles. The standard InChI is InChI=1S/C17H15Cl2FN2O/c1-9(2)15-12(8-23)16(10-3-5-11(20)6-4-10)21-22-14(19)7-13(18)17(15)22/h3-7,9,23H,8H2,1-2H3. The van der Waals surface area contributed by atoms with Crippen molar-refractivity contribution in [2.24, 2.45) is 0 Å². The molecule has 0 spiro atoms. The van der Waals surface area contributed by atoms with E-state index in [1.807, 2.05) is 13.8 Å².